The third kappa shape index (κ3) is 3.84. The van der Waals surface area contributed by atoms with Crippen molar-refractivity contribution in [2.24, 2.45) is 0 Å². The Kier molecular flexibility index (Phi) is 4.76. The zero-order chi connectivity index (χ0) is 12.8. The van der Waals surface area contributed by atoms with Crippen molar-refractivity contribution in [3.05, 3.63) is 29.8 Å². The van der Waals surface area contributed by atoms with Crippen molar-refractivity contribution in [2.45, 2.75) is 38.2 Å². The van der Waals surface area contributed by atoms with Gasteiger partial charge in [0.2, 0.25) is 0 Å². The van der Waals surface area contributed by atoms with Crippen LogP contribution in [0.4, 0.5) is 0 Å². The Morgan fingerprint density at radius 1 is 1.39 bits per heavy atom. The van der Waals surface area contributed by atoms with E-state index in [9.17, 15) is 4.79 Å². The number of methoxy groups -OCH3 is 1. The van der Waals surface area contributed by atoms with Crippen LogP contribution in [0, 0.1) is 0 Å². The first kappa shape index (κ1) is 13.1. The normalized spacial score (nSPS) is 18.8. The van der Waals surface area contributed by atoms with Crippen LogP contribution in [0.1, 0.15) is 31.2 Å². The lowest BCUT2D eigenvalue weighted by atomic mass is 10.0. The quantitative estimate of drug-likeness (QED) is 0.776. The second kappa shape index (κ2) is 6.55. The van der Waals surface area contributed by atoms with Gasteiger partial charge < -0.3 is 9.47 Å². The summed E-state index contributed by atoms with van der Waals surface area (Å²) in [6.45, 7) is 0.816. The predicted molar refractivity (Wildman–Crippen MR) is 69.9 cm³/mol. The zero-order valence-corrected chi connectivity index (χ0v) is 10.9. The SMILES string of the molecule is COc1ccc(CCC(=O)CC2CCCO2)cc1. The molecule has 1 heterocycles. The minimum Gasteiger partial charge on any atom is -0.497 e. The molecule has 1 aliphatic heterocycles. The molecule has 0 saturated carbocycles. The molecule has 0 aromatic heterocycles. The standard InChI is InChI=1S/C15H20O3/c1-17-14-8-5-12(6-9-14)4-7-13(16)11-15-3-2-10-18-15/h5-6,8-9,15H,2-4,7,10-11H2,1H3. The summed E-state index contributed by atoms with van der Waals surface area (Å²) in [5.41, 5.74) is 1.18. The Hall–Kier alpha value is -1.35. The molecule has 2 rings (SSSR count). The Balaban J connectivity index is 1.74. The first-order valence-electron chi connectivity index (χ1n) is 6.54. The molecule has 0 N–H and O–H groups in total. The smallest absolute Gasteiger partial charge is 0.135 e. The van der Waals surface area contributed by atoms with E-state index < -0.39 is 0 Å². The van der Waals surface area contributed by atoms with Crippen molar-refractivity contribution in [3.8, 4) is 5.75 Å². The minimum absolute atomic E-state index is 0.174. The lowest BCUT2D eigenvalue weighted by Crippen LogP contribution is -2.12. The fourth-order valence-corrected chi connectivity index (χ4v) is 2.24. The molecule has 1 aromatic carbocycles. The summed E-state index contributed by atoms with van der Waals surface area (Å²) < 4.78 is 10.6. The maximum atomic E-state index is 11.8. The van der Waals surface area contributed by atoms with Crippen LogP contribution in [0.15, 0.2) is 24.3 Å². The number of Topliss-reactive ketones (excluding diaryl/α,β-unsaturated/α-hetero) is 1. The van der Waals surface area contributed by atoms with Gasteiger partial charge in [0.15, 0.2) is 0 Å². The molecule has 0 bridgehead atoms. The summed E-state index contributed by atoms with van der Waals surface area (Å²) in [5, 5.41) is 0. The summed E-state index contributed by atoms with van der Waals surface area (Å²) in [7, 11) is 1.65. The number of rotatable bonds is 6. The summed E-state index contributed by atoms with van der Waals surface area (Å²) >= 11 is 0. The largest absolute Gasteiger partial charge is 0.497 e. The van der Waals surface area contributed by atoms with E-state index in [4.69, 9.17) is 9.47 Å². The Morgan fingerprint density at radius 3 is 2.78 bits per heavy atom. The molecule has 1 fully saturated rings. The van der Waals surface area contributed by atoms with Crippen molar-refractivity contribution >= 4 is 5.78 Å². The molecule has 98 valence electrons. The van der Waals surface area contributed by atoms with Crippen molar-refractivity contribution in [1.82, 2.24) is 0 Å². The monoisotopic (exact) mass is 248 g/mol. The average Bonchev–Trinajstić information content (AvgIpc) is 2.90. The maximum absolute atomic E-state index is 11.8. The molecule has 1 aromatic rings. The number of carbonyl (C=O) groups is 1. The molecule has 0 radical (unpaired) electrons. The highest BCUT2D eigenvalue weighted by Crippen LogP contribution is 2.17. The molecule has 3 nitrogen and oxygen atoms in total. The molecular formula is C15H20O3. The van der Waals surface area contributed by atoms with E-state index in [1.54, 1.807) is 7.11 Å². The van der Waals surface area contributed by atoms with Gasteiger partial charge in [0.1, 0.15) is 11.5 Å². The molecule has 3 heteroatoms. The van der Waals surface area contributed by atoms with Gasteiger partial charge in [0, 0.05) is 19.4 Å². The Bertz CT molecular complexity index is 377. The third-order valence-corrected chi connectivity index (χ3v) is 3.33. The van der Waals surface area contributed by atoms with Crippen LogP contribution in [0.2, 0.25) is 0 Å². The molecular weight excluding hydrogens is 228 g/mol. The molecule has 18 heavy (non-hydrogen) atoms. The number of carbonyl (C=O) groups excluding carboxylic acids is 1. The first-order valence-corrected chi connectivity index (χ1v) is 6.54. The van der Waals surface area contributed by atoms with Crippen LogP contribution in [0.25, 0.3) is 0 Å². The zero-order valence-electron chi connectivity index (χ0n) is 10.9. The van der Waals surface area contributed by atoms with Crippen molar-refractivity contribution in [2.75, 3.05) is 13.7 Å². The van der Waals surface area contributed by atoms with Crippen LogP contribution < -0.4 is 4.74 Å². The van der Waals surface area contributed by atoms with E-state index in [-0.39, 0.29) is 6.10 Å². The van der Waals surface area contributed by atoms with E-state index in [0.717, 1.165) is 31.6 Å². The topological polar surface area (TPSA) is 35.5 Å². The predicted octanol–water partition coefficient (Wildman–Crippen LogP) is 2.77. The van der Waals surface area contributed by atoms with Crippen LogP contribution in [-0.2, 0) is 16.0 Å². The molecule has 1 saturated heterocycles. The highest BCUT2D eigenvalue weighted by Gasteiger charge is 2.18. The van der Waals surface area contributed by atoms with Crippen molar-refractivity contribution in [3.63, 3.8) is 0 Å². The lowest BCUT2D eigenvalue weighted by Gasteiger charge is -2.08. The third-order valence-electron chi connectivity index (χ3n) is 3.33. The average molecular weight is 248 g/mol. The summed E-state index contributed by atoms with van der Waals surface area (Å²) in [6, 6.07) is 7.89. The van der Waals surface area contributed by atoms with Gasteiger partial charge in [0.25, 0.3) is 0 Å². The van der Waals surface area contributed by atoms with Gasteiger partial charge in [-0.3, -0.25) is 4.79 Å². The van der Waals surface area contributed by atoms with E-state index in [0.29, 0.717) is 18.6 Å². The van der Waals surface area contributed by atoms with Gasteiger partial charge in [-0.25, -0.2) is 0 Å². The molecule has 0 aliphatic carbocycles. The molecule has 0 amide bonds. The minimum atomic E-state index is 0.174. The second-order valence-corrected chi connectivity index (χ2v) is 4.73. The molecule has 1 aliphatic rings. The van der Waals surface area contributed by atoms with Gasteiger partial charge >= 0.3 is 0 Å². The lowest BCUT2D eigenvalue weighted by molar-refractivity contribution is -0.121. The number of hydrogen-bond acceptors (Lipinski definition) is 3. The number of ketones is 1. The molecule has 1 unspecified atom stereocenters. The summed E-state index contributed by atoms with van der Waals surface area (Å²) in [6.07, 6.45) is 4.29. The second-order valence-electron chi connectivity index (χ2n) is 4.73. The van der Waals surface area contributed by atoms with Gasteiger partial charge in [0.05, 0.1) is 13.2 Å². The van der Waals surface area contributed by atoms with Crippen LogP contribution in [0.5, 0.6) is 5.75 Å². The highest BCUT2D eigenvalue weighted by atomic mass is 16.5. The van der Waals surface area contributed by atoms with Crippen LogP contribution >= 0.6 is 0 Å². The summed E-state index contributed by atoms with van der Waals surface area (Å²) in [4.78, 5) is 11.8. The number of benzene rings is 1. The molecule has 1 atom stereocenters. The van der Waals surface area contributed by atoms with Crippen molar-refractivity contribution in [1.29, 1.82) is 0 Å². The first-order chi connectivity index (χ1) is 8.78. The van der Waals surface area contributed by atoms with Gasteiger partial charge in [-0.2, -0.15) is 0 Å². The maximum Gasteiger partial charge on any atom is 0.135 e. The van der Waals surface area contributed by atoms with E-state index >= 15 is 0 Å². The summed E-state index contributed by atoms with van der Waals surface area (Å²) in [5.74, 6) is 1.15. The number of ether oxygens (including phenoxy) is 2. The fourth-order valence-electron chi connectivity index (χ4n) is 2.24. The highest BCUT2D eigenvalue weighted by molar-refractivity contribution is 5.79. The van der Waals surface area contributed by atoms with Gasteiger partial charge in [-0.15, -0.1) is 0 Å². The number of hydrogen-bond donors (Lipinski definition) is 0. The van der Waals surface area contributed by atoms with Crippen LogP contribution in [0.3, 0.4) is 0 Å². The van der Waals surface area contributed by atoms with Crippen LogP contribution in [-0.4, -0.2) is 25.6 Å². The van der Waals surface area contributed by atoms with Gasteiger partial charge in [-0.05, 0) is 37.0 Å². The van der Waals surface area contributed by atoms with E-state index in [1.807, 2.05) is 24.3 Å². The Labute approximate surface area is 108 Å². The van der Waals surface area contributed by atoms with Gasteiger partial charge in [-0.1, -0.05) is 12.1 Å². The van der Waals surface area contributed by atoms with E-state index in [1.165, 1.54) is 5.56 Å². The Morgan fingerprint density at radius 2 is 2.17 bits per heavy atom. The number of aryl methyl sites for hydroxylation is 1. The van der Waals surface area contributed by atoms with E-state index in [2.05, 4.69) is 0 Å². The molecule has 0 spiro atoms. The fraction of sp³-hybridized carbons (Fsp3) is 0.533. The van der Waals surface area contributed by atoms with Crippen molar-refractivity contribution < 1.29 is 14.3 Å².